The first-order chi connectivity index (χ1) is 15.8. The van der Waals surface area contributed by atoms with Crippen LogP contribution in [0, 0.1) is 17.2 Å². The van der Waals surface area contributed by atoms with Gasteiger partial charge in [-0.2, -0.15) is 14.0 Å². The fourth-order valence-electron chi connectivity index (χ4n) is 4.02. The number of nitrogens with one attached hydrogen (secondary N) is 2. The molecule has 184 valence electrons. The number of benzene rings is 1. The Morgan fingerprint density at radius 2 is 1.94 bits per heavy atom. The Kier molecular flexibility index (Phi) is 7.62. The molecule has 0 unspecified atom stereocenters. The maximum Gasteiger partial charge on any atom is 0.350 e. The van der Waals surface area contributed by atoms with Crippen LogP contribution in [0.1, 0.15) is 31.2 Å². The van der Waals surface area contributed by atoms with Gasteiger partial charge in [-0.1, -0.05) is 23.2 Å². The topological polar surface area (TPSA) is 102 Å². The van der Waals surface area contributed by atoms with Crippen molar-refractivity contribution in [1.82, 2.24) is 15.5 Å². The molecule has 3 rings (SSSR count). The van der Waals surface area contributed by atoms with Gasteiger partial charge in [0.1, 0.15) is 12.1 Å². The van der Waals surface area contributed by atoms with Gasteiger partial charge >= 0.3 is 5.92 Å². The standard InChI is InChI=1S/C21H20Cl2F4N4O3/c22-13-6-12(7-14(23)8-13)21(26,27)19(34)31-4-2-20(24,25)9-16(31)18(33)30-15(10-28)5-11-1-3-29-17(11)32/h6-8,11,15-16H,1-5,9H2,(H,29,32)(H,30,33)/t11-,15-,16-/m0/s1. The zero-order chi connectivity index (χ0) is 25.3. The molecule has 2 fully saturated rings. The number of nitrogens with zero attached hydrogens (tertiary/aromatic N) is 2. The molecule has 2 saturated heterocycles. The van der Waals surface area contributed by atoms with E-state index >= 15 is 8.78 Å². The molecule has 0 radical (unpaired) electrons. The Bertz CT molecular complexity index is 1010. The molecule has 2 heterocycles. The lowest BCUT2D eigenvalue weighted by molar-refractivity contribution is -0.173. The van der Waals surface area contributed by atoms with Crippen LogP contribution in [0.3, 0.4) is 0 Å². The van der Waals surface area contributed by atoms with Crippen LogP contribution in [0.4, 0.5) is 17.6 Å². The number of rotatable bonds is 6. The number of hydrogen-bond donors (Lipinski definition) is 2. The Morgan fingerprint density at radius 3 is 2.50 bits per heavy atom. The monoisotopic (exact) mass is 522 g/mol. The van der Waals surface area contributed by atoms with Crippen molar-refractivity contribution in [3.63, 3.8) is 0 Å². The molecule has 1 aromatic carbocycles. The van der Waals surface area contributed by atoms with E-state index in [0.29, 0.717) is 17.9 Å². The normalized spacial score (nSPS) is 23.1. The summed E-state index contributed by atoms with van der Waals surface area (Å²) in [6.07, 6.45) is -1.77. The maximum absolute atomic E-state index is 15.0. The Hall–Kier alpha value is -2.58. The van der Waals surface area contributed by atoms with E-state index in [1.165, 1.54) is 6.07 Å². The third-order valence-electron chi connectivity index (χ3n) is 5.80. The van der Waals surface area contributed by atoms with E-state index in [1.54, 1.807) is 6.07 Å². The summed E-state index contributed by atoms with van der Waals surface area (Å²) >= 11 is 11.5. The molecule has 0 aromatic heterocycles. The molecule has 0 spiro atoms. The minimum absolute atomic E-state index is 0.0810. The predicted molar refractivity (Wildman–Crippen MR) is 113 cm³/mol. The molecule has 1 aromatic rings. The van der Waals surface area contributed by atoms with Gasteiger partial charge in [0.2, 0.25) is 11.8 Å². The lowest BCUT2D eigenvalue weighted by atomic mass is 9.94. The highest BCUT2D eigenvalue weighted by atomic mass is 35.5. The second kappa shape index (κ2) is 9.96. The summed E-state index contributed by atoms with van der Waals surface area (Å²) in [6, 6.07) is 1.40. The van der Waals surface area contributed by atoms with E-state index in [2.05, 4.69) is 10.6 Å². The lowest BCUT2D eigenvalue weighted by Crippen LogP contribution is -2.59. The van der Waals surface area contributed by atoms with Crippen molar-refractivity contribution in [3.8, 4) is 6.07 Å². The molecule has 2 N–H and O–H groups in total. The van der Waals surface area contributed by atoms with E-state index in [0.717, 1.165) is 12.1 Å². The van der Waals surface area contributed by atoms with Crippen molar-refractivity contribution in [3.05, 3.63) is 33.8 Å². The van der Waals surface area contributed by atoms with Crippen LogP contribution in [0.2, 0.25) is 10.0 Å². The van der Waals surface area contributed by atoms with Gasteiger partial charge in [-0.25, -0.2) is 8.78 Å². The summed E-state index contributed by atoms with van der Waals surface area (Å²) < 4.78 is 58.3. The predicted octanol–water partition coefficient (Wildman–Crippen LogP) is 3.25. The number of nitriles is 1. The van der Waals surface area contributed by atoms with Crippen molar-refractivity contribution in [1.29, 1.82) is 5.26 Å². The highest BCUT2D eigenvalue weighted by Gasteiger charge is 2.52. The zero-order valence-electron chi connectivity index (χ0n) is 17.6. The maximum atomic E-state index is 15.0. The molecule has 3 atom stereocenters. The second-order valence-electron chi connectivity index (χ2n) is 8.26. The van der Waals surface area contributed by atoms with Crippen molar-refractivity contribution >= 4 is 40.9 Å². The number of likely N-dealkylation sites (tertiary alicyclic amines) is 1. The number of carbonyl (C=O) groups is 3. The van der Waals surface area contributed by atoms with Gasteiger partial charge in [-0.15, -0.1) is 0 Å². The number of carbonyl (C=O) groups excluding carboxylic acids is 3. The fraction of sp³-hybridized carbons (Fsp3) is 0.524. The third kappa shape index (κ3) is 5.73. The van der Waals surface area contributed by atoms with E-state index in [1.807, 2.05) is 0 Å². The van der Waals surface area contributed by atoms with Gasteiger partial charge in [0, 0.05) is 47.5 Å². The third-order valence-corrected chi connectivity index (χ3v) is 6.24. The van der Waals surface area contributed by atoms with Gasteiger partial charge in [0.15, 0.2) is 0 Å². The number of hydrogen-bond acceptors (Lipinski definition) is 4. The minimum Gasteiger partial charge on any atom is -0.356 e. The molecule has 2 aliphatic heterocycles. The molecular formula is C21H20Cl2F4N4O3. The van der Waals surface area contributed by atoms with Crippen LogP contribution in [-0.2, 0) is 20.3 Å². The first kappa shape index (κ1) is 26.0. The first-order valence-corrected chi connectivity index (χ1v) is 11.1. The van der Waals surface area contributed by atoms with Crippen LogP contribution < -0.4 is 10.6 Å². The van der Waals surface area contributed by atoms with Crippen LogP contribution in [-0.4, -0.2) is 53.7 Å². The van der Waals surface area contributed by atoms with Gasteiger partial charge in [-0.05, 0) is 31.0 Å². The first-order valence-electron chi connectivity index (χ1n) is 10.3. The van der Waals surface area contributed by atoms with Crippen molar-refractivity contribution < 1.29 is 31.9 Å². The summed E-state index contributed by atoms with van der Waals surface area (Å²) in [4.78, 5) is 37.7. The molecule has 2 aliphatic rings. The molecule has 0 saturated carbocycles. The highest BCUT2D eigenvalue weighted by molar-refractivity contribution is 6.34. The van der Waals surface area contributed by atoms with Crippen LogP contribution >= 0.6 is 23.2 Å². The molecule has 34 heavy (non-hydrogen) atoms. The van der Waals surface area contributed by atoms with Gasteiger partial charge in [0.25, 0.3) is 11.8 Å². The van der Waals surface area contributed by atoms with Crippen LogP contribution in [0.5, 0.6) is 0 Å². The Balaban J connectivity index is 1.82. The summed E-state index contributed by atoms with van der Waals surface area (Å²) in [5, 5.41) is 13.8. The Morgan fingerprint density at radius 1 is 1.29 bits per heavy atom. The minimum atomic E-state index is -4.21. The van der Waals surface area contributed by atoms with Gasteiger partial charge in [0.05, 0.1) is 6.07 Å². The zero-order valence-corrected chi connectivity index (χ0v) is 19.1. The van der Waals surface area contributed by atoms with Crippen LogP contribution in [0.25, 0.3) is 0 Å². The fourth-order valence-corrected chi connectivity index (χ4v) is 4.54. The largest absolute Gasteiger partial charge is 0.356 e. The number of piperidine rings is 1. The van der Waals surface area contributed by atoms with Crippen molar-refractivity contribution in [2.75, 3.05) is 13.1 Å². The van der Waals surface area contributed by atoms with E-state index < -0.39 is 66.6 Å². The van der Waals surface area contributed by atoms with E-state index in [4.69, 9.17) is 23.2 Å². The molecule has 13 heteroatoms. The molecule has 3 amide bonds. The summed E-state index contributed by atoms with van der Waals surface area (Å²) in [5.74, 6) is -11.5. The average molecular weight is 523 g/mol. The molecule has 0 aliphatic carbocycles. The summed E-state index contributed by atoms with van der Waals surface area (Å²) in [6.45, 7) is -0.411. The SMILES string of the molecule is N#C[C@H](C[C@@H]1CCNC1=O)NC(=O)[C@@H]1CC(F)(F)CCN1C(=O)C(F)(F)c1cc(Cl)cc(Cl)c1. The smallest absolute Gasteiger partial charge is 0.350 e. The number of halogens is 6. The highest BCUT2D eigenvalue weighted by Crippen LogP contribution is 2.38. The summed E-state index contributed by atoms with van der Waals surface area (Å²) in [7, 11) is 0. The Labute approximate surface area is 202 Å². The lowest BCUT2D eigenvalue weighted by Gasteiger charge is -2.40. The average Bonchev–Trinajstić information content (AvgIpc) is 3.15. The molecule has 0 bridgehead atoms. The van der Waals surface area contributed by atoms with Crippen LogP contribution in [0.15, 0.2) is 18.2 Å². The summed E-state index contributed by atoms with van der Waals surface area (Å²) in [5.41, 5.74) is -0.853. The van der Waals surface area contributed by atoms with E-state index in [9.17, 15) is 28.4 Å². The van der Waals surface area contributed by atoms with E-state index in [-0.39, 0.29) is 22.4 Å². The molecule has 7 nitrogen and oxygen atoms in total. The van der Waals surface area contributed by atoms with Crippen molar-refractivity contribution in [2.45, 2.75) is 49.6 Å². The van der Waals surface area contributed by atoms with Crippen molar-refractivity contribution in [2.24, 2.45) is 5.92 Å². The molecular weight excluding hydrogens is 503 g/mol. The quantitative estimate of drug-likeness (QED) is 0.559. The number of amides is 3. The number of alkyl halides is 4. The van der Waals surface area contributed by atoms with Gasteiger partial charge in [-0.3, -0.25) is 14.4 Å². The second-order valence-corrected chi connectivity index (χ2v) is 9.13. The van der Waals surface area contributed by atoms with Gasteiger partial charge < -0.3 is 15.5 Å².